The second-order valence-corrected chi connectivity index (χ2v) is 3.22. The molecule has 1 saturated heterocycles. The number of alkyl halides is 1. The minimum atomic E-state index is 0. The standard InChI is InChI=1S/C6H12BrN.BrH/c1-8-3-2-6(4-7)5-8;/h6H,2-5H2,1H3;1H. The molecule has 0 aromatic carbocycles. The Morgan fingerprint density at radius 2 is 2.33 bits per heavy atom. The van der Waals surface area contributed by atoms with Crippen molar-refractivity contribution in [1.29, 1.82) is 0 Å². The summed E-state index contributed by atoms with van der Waals surface area (Å²) >= 11 is 3.48. The molecule has 1 fully saturated rings. The van der Waals surface area contributed by atoms with Crippen LogP contribution in [0.25, 0.3) is 0 Å². The van der Waals surface area contributed by atoms with Crippen LogP contribution in [0.15, 0.2) is 0 Å². The molecule has 1 unspecified atom stereocenters. The number of hydrogen-bond acceptors (Lipinski definition) is 1. The first-order chi connectivity index (χ1) is 3.83. The lowest BCUT2D eigenvalue weighted by atomic mass is 10.2. The normalized spacial score (nSPS) is 28.0. The van der Waals surface area contributed by atoms with E-state index in [9.17, 15) is 0 Å². The monoisotopic (exact) mass is 257 g/mol. The van der Waals surface area contributed by atoms with Crippen LogP contribution in [-0.4, -0.2) is 30.4 Å². The highest BCUT2D eigenvalue weighted by Crippen LogP contribution is 2.15. The predicted octanol–water partition coefficient (Wildman–Crippen LogP) is 1.91. The average Bonchev–Trinajstić information content (AvgIpc) is 2.14. The Hall–Kier alpha value is 0.920. The van der Waals surface area contributed by atoms with Gasteiger partial charge in [0.25, 0.3) is 0 Å². The Kier molecular flexibility index (Phi) is 5.17. The minimum absolute atomic E-state index is 0. The number of rotatable bonds is 1. The lowest BCUT2D eigenvalue weighted by Crippen LogP contribution is -2.14. The van der Waals surface area contributed by atoms with Crippen LogP contribution in [0, 0.1) is 5.92 Å². The molecule has 9 heavy (non-hydrogen) atoms. The Balaban J connectivity index is 0.000000640. The van der Waals surface area contributed by atoms with Gasteiger partial charge in [-0.3, -0.25) is 0 Å². The molecular formula is C6H13Br2N. The smallest absolute Gasteiger partial charge is 0.00723 e. The second kappa shape index (κ2) is 4.69. The summed E-state index contributed by atoms with van der Waals surface area (Å²) in [6.07, 6.45) is 1.38. The largest absolute Gasteiger partial charge is 0.306 e. The van der Waals surface area contributed by atoms with Gasteiger partial charge in [0.1, 0.15) is 0 Å². The molecule has 1 aliphatic rings. The SMILES string of the molecule is Br.CN1CCC(CBr)C1. The fourth-order valence-corrected chi connectivity index (χ4v) is 1.68. The Labute approximate surface area is 75.7 Å². The van der Waals surface area contributed by atoms with E-state index in [0.717, 1.165) is 5.92 Å². The van der Waals surface area contributed by atoms with Crippen LogP contribution in [0.5, 0.6) is 0 Å². The van der Waals surface area contributed by atoms with Gasteiger partial charge in [-0.15, -0.1) is 17.0 Å². The lowest BCUT2D eigenvalue weighted by molar-refractivity contribution is 0.403. The van der Waals surface area contributed by atoms with Crippen molar-refractivity contribution in [3.63, 3.8) is 0 Å². The molecule has 1 aliphatic heterocycles. The Morgan fingerprint density at radius 1 is 1.67 bits per heavy atom. The summed E-state index contributed by atoms with van der Waals surface area (Å²) < 4.78 is 0. The van der Waals surface area contributed by atoms with Gasteiger partial charge in [0, 0.05) is 11.9 Å². The summed E-state index contributed by atoms with van der Waals surface area (Å²) in [7, 11) is 2.18. The molecule has 56 valence electrons. The molecule has 1 rings (SSSR count). The van der Waals surface area contributed by atoms with Gasteiger partial charge >= 0.3 is 0 Å². The first-order valence-electron chi connectivity index (χ1n) is 3.07. The molecule has 0 radical (unpaired) electrons. The van der Waals surface area contributed by atoms with E-state index >= 15 is 0 Å². The molecule has 0 aromatic heterocycles. The Bertz CT molecular complexity index is 77.5. The molecule has 0 amide bonds. The van der Waals surface area contributed by atoms with E-state index in [-0.39, 0.29) is 17.0 Å². The van der Waals surface area contributed by atoms with E-state index in [1.165, 1.54) is 24.8 Å². The molecule has 0 spiro atoms. The quantitative estimate of drug-likeness (QED) is 0.650. The van der Waals surface area contributed by atoms with Crippen LogP contribution in [0.4, 0.5) is 0 Å². The van der Waals surface area contributed by atoms with Crippen molar-refractivity contribution in [1.82, 2.24) is 4.90 Å². The summed E-state index contributed by atoms with van der Waals surface area (Å²) in [6, 6.07) is 0. The van der Waals surface area contributed by atoms with Crippen LogP contribution in [0.1, 0.15) is 6.42 Å². The highest BCUT2D eigenvalue weighted by Gasteiger charge is 2.17. The zero-order valence-electron chi connectivity index (χ0n) is 5.64. The van der Waals surface area contributed by atoms with Crippen molar-refractivity contribution in [2.24, 2.45) is 5.92 Å². The van der Waals surface area contributed by atoms with Crippen molar-refractivity contribution in [2.75, 3.05) is 25.5 Å². The molecule has 1 atom stereocenters. The fraction of sp³-hybridized carbons (Fsp3) is 1.00. The third-order valence-electron chi connectivity index (χ3n) is 1.71. The van der Waals surface area contributed by atoms with Crippen molar-refractivity contribution in [3.05, 3.63) is 0 Å². The van der Waals surface area contributed by atoms with E-state index in [0.29, 0.717) is 0 Å². The summed E-state index contributed by atoms with van der Waals surface area (Å²) in [6.45, 7) is 2.57. The first-order valence-corrected chi connectivity index (χ1v) is 4.19. The number of likely N-dealkylation sites (tertiary alicyclic amines) is 1. The van der Waals surface area contributed by atoms with Gasteiger partial charge < -0.3 is 4.90 Å². The van der Waals surface area contributed by atoms with E-state index in [2.05, 4.69) is 27.9 Å². The van der Waals surface area contributed by atoms with Gasteiger partial charge in [-0.1, -0.05) is 15.9 Å². The van der Waals surface area contributed by atoms with Crippen LogP contribution in [0.2, 0.25) is 0 Å². The number of halogens is 2. The zero-order chi connectivity index (χ0) is 5.98. The maximum atomic E-state index is 3.48. The first kappa shape index (κ1) is 9.92. The molecule has 3 heteroatoms. The summed E-state index contributed by atoms with van der Waals surface area (Å²) in [4.78, 5) is 2.38. The molecule has 0 aromatic rings. The van der Waals surface area contributed by atoms with Crippen LogP contribution >= 0.6 is 32.9 Å². The van der Waals surface area contributed by atoms with Gasteiger partial charge in [-0.2, -0.15) is 0 Å². The van der Waals surface area contributed by atoms with Gasteiger partial charge in [0.15, 0.2) is 0 Å². The molecule has 1 nitrogen and oxygen atoms in total. The van der Waals surface area contributed by atoms with Crippen molar-refractivity contribution < 1.29 is 0 Å². The second-order valence-electron chi connectivity index (χ2n) is 2.57. The molecule has 1 heterocycles. The minimum Gasteiger partial charge on any atom is -0.306 e. The lowest BCUT2D eigenvalue weighted by Gasteiger charge is -2.05. The van der Waals surface area contributed by atoms with Gasteiger partial charge in [-0.25, -0.2) is 0 Å². The van der Waals surface area contributed by atoms with Crippen LogP contribution < -0.4 is 0 Å². The highest BCUT2D eigenvalue weighted by atomic mass is 79.9. The zero-order valence-corrected chi connectivity index (χ0v) is 8.94. The van der Waals surface area contributed by atoms with Crippen molar-refractivity contribution in [3.8, 4) is 0 Å². The van der Waals surface area contributed by atoms with Crippen LogP contribution in [-0.2, 0) is 0 Å². The summed E-state index contributed by atoms with van der Waals surface area (Å²) in [5.74, 6) is 0.917. The van der Waals surface area contributed by atoms with Crippen LogP contribution in [0.3, 0.4) is 0 Å². The van der Waals surface area contributed by atoms with Crippen molar-refractivity contribution >= 4 is 32.9 Å². The number of nitrogens with zero attached hydrogens (tertiary/aromatic N) is 1. The maximum absolute atomic E-state index is 3.48. The third kappa shape index (κ3) is 3.01. The van der Waals surface area contributed by atoms with Gasteiger partial charge in [0.2, 0.25) is 0 Å². The maximum Gasteiger partial charge on any atom is 0.00723 e. The summed E-state index contributed by atoms with van der Waals surface area (Å²) in [5.41, 5.74) is 0. The third-order valence-corrected chi connectivity index (χ3v) is 2.62. The van der Waals surface area contributed by atoms with E-state index in [1.807, 2.05) is 0 Å². The Morgan fingerprint density at radius 3 is 2.56 bits per heavy atom. The molecular weight excluding hydrogens is 246 g/mol. The molecule has 0 saturated carbocycles. The van der Waals surface area contributed by atoms with Gasteiger partial charge in [-0.05, 0) is 25.9 Å². The van der Waals surface area contributed by atoms with E-state index in [1.54, 1.807) is 0 Å². The molecule has 0 aliphatic carbocycles. The fourth-order valence-electron chi connectivity index (χ4n) is 1.15. The highest BCUT2D eigenvalue weighted by molar-refractivity contribution is 9.09. The number of hydrogen-bond donors (Lipinski definition) is 0. The van der Waals surface area contributed by atoms with E-state index < -0.39 is 0 Å². The topological polar surface area (TPSA) is 3.24 Å². The van der Waals surface area contributed by atoms with E-state index in [4.69, 9.17) is 0 Å². The van der Waals surface area contributed by atoms with Gasteiger partial charge in [0.05, 0.1) is 0 Å². The average molecular weight is 259 g/mol. The predicted molar refractivity (Wildman–Crippen MR) is 49.7 cm³/mol. The summed E-state index contributed by atoms with van der Waals surface area (Å²) in [5, 5.41) is 1.18. The van der Waals surface area contributed by atoms with Crippen molar-refractivity contribution in [2.45, 2.75) is 6.42 Å². The molecule has 0 N–H and O–H groups in total. The molecule has 0 bridgehead atoms.